The lowest BCUT2D eigenvalue weighted by molar-refractivity contribution is -0.128. The Balaban J connectivity index is 1.53. The predicted molar refractivity (Wildman–Crippen MR) is 113 cm³/mol. The minimum Gasteiger partial charge on any atom is -0.338 e. The third-order valence-corrected chi connectivity index (χ3v) is 6.58. The third kappa shape index (κ3) is 4.51. The van der Waals surface area contributed by atoms with Gasteiger partial charge >= 0.3 is 0 Å². The van der Waals surface area contributed by atoms with Crippen LogP contribution < -0.4 is 0 Å². The molecule has 0 unspecified atom stereocenters. The average Bonchev–Trinajstić information content (AvgIpc) is 3.46. The van der Waals surface area contributed by atoms with Gasteiger partial charge in [0.05, 0.1) is 13.1 Å². The van der Waals surface area contributed by atoms with Gasteiger partial charge in [0.15, 0.2) is 0 Å². The van der Waals surface area contributed by atoms with E-state index < -0.39 is 0 Å². The molecule has 0 saturated carbocycles. The van der Waals surface area contributed by atoms with Crippen LogP contribution >= 0.6 is 22.7 Å². The van der Waals surface area contributed by atoms with E-state index in [9.17, 15) is 9.59 Å². The fourth-order valence-corrected chi connectivity index (χ4v) is 4.90. The molecule has 0 radical (unpaired) electrons. The smallest absolute Gasteiger partial charge is 0.254 e. The monoisotopic (exact) mass is 410 g/mol. The summed E-state index contributed by atoms with van der Waals surface area (Å²) in [5.74, 6) is 0.227. The zero-order chi connectivity index (χ0) is 19.3. The molecule has 6 heteroatoms. The van der Waals surface area contributed by atoms with E-state index in [0.717, 1.165) is 18.5 Å². The molecule has 1 aliphatic heterocycles. The molecule has 4 rings (SSSR count). The van der Waals surface area contributed by atoms with Crippen LogP contribution in [0.2, 0.25) is 0 Å². The van der Waals surface area contributed by atoms with Crippen LogP contribution in [0.3, 0.4) is 0 Å². The van der Waals surface area contributed by atoms with Crippen molar-refractivity contribution < 1.29 is 9.59 Å². The van der Waals surface area contributed by atoms with Crippen LogP contribution in [-0.4, -0.2) is 28.2 Å². The number of carbonyl (C=O) groups is 2. The number of hydrogen-bond donors (Lipinski definition) is 0. The van der Waals surface area contributed by atoms with E-state index in [1.54, 1.807) is 22.7 Å². The molecule has 1 aromatic carbocycles. The quantitative estimate of drug-likeness (QED) is 0.563. The maximum absolute atomic E-state index is 13.3. The van der Waals surface area contributed by atoms with Gasteiger partial charge in [0.25, 0.3) is 5.91 Å². The van der Waals surface area contributed by atoms with Crippen LogP contribution in [0.25, 0.3) is 0 Å². The van der Waals surface area contributed by atoms with Crippen LogP contribution in [0.5, 0.6) is 0 Å². The summed E-state index contributed by atoms with van der Waals surface area (Å²) >= 11 is 3.33. The summed E-state index contributed by atoms with van der Waals surface area (Å²) < 4.78 is 0. The van der Waals surface area contributed by atoms with E-state index in [4.69, 9.17) is 0 Å². The predicted octanol–water partition coefficient (Wildman–Crippen LogP) is 4.77. The molecule has 0 aliphatic carbocycles. The SMILES string of the molecule is O=C1CCCN1Cc1cccc(C(=O)N(Cc2cccs2)Cc2cccs2)c1. The summed E-state index contributed by atoms with van der Waals surface area (Å²) in [7, 11) is 0. The van der Waals surface area contributed by atoms with Gasteiger partial charge in [-0.15, -0.1) is 22.7 Å². The fourth-order valence-electron chi connectivity index (χ4n) is 3.46. The molecule has 144 valence electrons. The average molecular weight is 411 g/mol. The fraction of sp³-hybridized carbons (Fsp3) is 0.273. The topological polar surface area (TPSA) is 40.6 Å². The maximum atomic E-state index is 13.3. The molecule has 2 aromatic heterocycles. The number of thiophene rings is 2. The highest BCUT2D eigenvalue weighted by Gasteiger charge is 2.21. The largest absolute Gasteiger partial charge is 0.338 e. The molecule has 3 aromatic rings. The van der Waals surface area contributed by atoms with Crippen molar-refractivity contribution in [3.05, 3.63) is 80.2 Å². The van der Waals surface area contributed by atoms with Crippen LogP contribution in [0.15, 0.2) is 59.3 Å². The zero-order valence-corrected chi connectivity index (χ0v) is 17.2. The van der Waals surface area contributed by atoms with E-state index in [-0.39, 0.29) is 11.8 Å². The van der Waals surface area contributed by atoms with Gasteiger partial charge in [0.2, 0.25) is 5.91 Å². The molecule has 2 amide bonds. The molecule has 0 N–H and O–H groups in total. The highest BCUT2D eigenvalue weighted by atomic mass is 32.1. The van der Waals surface area contributed by atoms with Crippen molar-refractivity contribution in [1.29, 1.82) is 0 Å². The summed E-state index contributed by atoms with van der Waals surface area (Å²) in [5.41, 5.74) is 1.69. The minimum absolute atomic E-state index is 0.0244. The van der Waals surface area contributed by atoms with Crippen molar-refractivity contribution in [1.82, 2.24) is 9.80 Å². The van der Waals surface area contributed by atoms with Crippen molar-refractivity contribution >= 4 is 34.5 Å². The number of benzene rings is 1. The minimum atomic E-state index is 0.0244. The molecule has 1 aliphatic rings. The van der Waals surface area contributed by atoms with Gasteiger partial charge in [0.1, 0.15) is 0 Å². The van der Waals surface area contributed by atoms with E-state index in [0.29, 0.717) is 31.6 Å². The molecule has 1 saturated heterocycles. The molecule has 0 spiro atoms. The Kier molecular flexibility index (Phi) is 5.88. The Morgan fingerprint density at radius 1 is 1.00 bits per heavy atom. The van der Waals surface area contributed by atoms with Crippen molar-refractivity contribution in [2.45, 2.75) is 32.5 Å². The van der Waals surface area contributed by atoms with Gasteiger partial charge in [-0.05, 0) is 47.0 Å². The Bertz CT molecular complexity index is 899. The summed E-state index contributed by atoms with van der Waals surface area (Å²) in [5, 5.41) is 4.08. The zero-order valence-electron chi connectivity index (χ0n) is 15.5. The van der Waals surface area contributed by atoms with Crippen LogP contribution in [0.4, 0.5) is 0 Å². The first-order valence-corrected chi connectivity index (χ1v) is 11.2. The van der Waals surface area contributed by atoms with Crippen molar-refractivity contribution in [2.24, 2.45) is 0 Å². The number of hydrogen-bond acceptors (Lipinski definition) is 4. The summed E-state index contributed by atoms with van der Waals surface area (Å²) in [6.45, 7) is 2.59. The second-order valence-electron chi connectivity index (χ2n) is 6.94. The maximum Gasteiger partial charge on any atom is 0.254 e. The Labute approximate surface area is 173 Å². The van der Waals surface area contributed by atoms with Gasteiger partial charge in [-0.3, -0.25) is 9.59 Å². The number of amides is 2. The van der Waals surface area contributed by atoms with Gasteiger partial charge in [0, 0.05) is 34.8 Å². The second-order valence-corrected chi connectivity index (χ2v) is 9.00. The van der Waals surface area contributed by atoms with E-state index in [1.165, 1.54) is 9.75 Å². The van der Waals surface area contributed by atoms with Crippen LogP contribution in [0, 0.1) is 0 Å². The van der Waals surface area contributed by atoms with E-state index in [2.05, 4.69) is 12.1 Å². The van der Waals surface area contributed by atoms with Gasteiger partial charge < -0.3 is 9.80 Å². The molecule has 4 nitrogen and oxygen atoms in total. The molecule has 0 atom stereocenters. The Morgan fingerprint density at radius 3 is 2.29 bits per heavy atom. The first-order chi connectivity index (χ1) is 13.7. The first kappa shape index (κ1) is 18.9. The molecule has 1 fully saturated rings. The van der Waals surface area contributed by atoms with Crippen LogP contribution in [0.1, 0.15) is 38.5 Å². The lowest BCUT2D eigenvalue weighted by atomic mass is 10.1. The molecular formula is C22H22N2O2S2. The number of nitrogens with zero attached hydrogens (tertiary/aromatic N) is 2. The lowest BCUT2D eigenvalue weighted by Crippen LogP contribution is -2.30. The Morgan fingerprint density at radius 2 is 1.71 bits per heavy atom. The van der Waals surface area contributed by atoms with Gasteiger partial charge in [-0.2, -0.15) is 0 Å². The molecule has 0 bridgehead atoms. The summed E-state index contributed by atoms with van der Waals surface area (Å²) in [6.07, 6.45) is 1.56. The second kappa shape index (κ2) is 8.71. The normalized spacial score (nSPS) is 13.9. The highest BCUT2D eigenvalue weighted by Crippen LogP contribution is 2.21. The van der Waals surface area contributed by atoms with E-state index in [1.807, 2.05) is 57.0 Å². The number of rotatable bonds is 7. The van der Waals surface area contributed by atoms with Gasteiger partial charge in [-0.1, -0.05) is 24.3 Å². The lowest BCUT2D eigenvalue weighted by Gasteiger charge is -2.22. The Hall–Kier alpha value is -2.44. The number of likely N-dealkylation sites (tertiary alicyclic amines) is 1. The molecule has 3 heterocycles. The standard InChI is InChI=1S/C22H22N2O2S2/c25-21-9-2-10-23(21)14-17-5-1-6-18(13-17)22(26)24(15-19-7-3-11-27-19)16-20-8-4-12-28-20/h1,3-8,11-13H,2,9-10,14-16H2. The van der Waals surface area contributed by atoms with E-state index >= 15 is 0 Å². The number of carbonyl (C=O) groups excluding carboxylic acids is 2. The first-order valence-electron chi connectivity index (χ1n) is 9.40. The van der Waals surface area contributed by atoms with Gasteiger partial charge in [-0.25, -0.2) is 0 Å². The third-order valence-electron chi connectivity index (χ3n) is 4.86. The summed E-state index contributed by atoms with van der Waals surface area (Å²) in [6, 6.07) is 15.9. The van der Waals surface area contributed by atoms with Crippen molar-refractivity contribution in [3.8, 4) is 0 Å². The molecular weight excluding hydrogens is 388 g/mol. The summed E-state index contributed by atoms with van der Waals surface area (Å²) in [4.78, 5) is 31.3. The van der Waals surface area contributed by atoms with Crippen molar-refractivity contribution in [2.75, 3.05) is 6.54 Å². The highest BCUT2D eigenvalue weighted by molar-refractivity contribution is 7.10. The molecule has 28 heavy (non-hydrogen) atoms. The van der Waals surface area contributed by atoms with Crippen LogP contribution in [-0.2, 0) is 24.4 Å². The van der Waals surface area contributed by atoms with Crippen molar-refractivity contribution in [3.63, 3.8) is 0 Å².